The second kappa shape index (κ2) is 11.1. The van der Waals surface area contributed by atoms with Crippen LogP contribution in [0.4, 0.5) is 0 Å². The highest BCUT2D eigenvalue weighted by Crippen LogP contribution is 2.22. The van der Waals surface area contributed by atoms with Gasteiger partial charge in [-0.25, -0.2) is 0 Å². The Bertz CT molecular complexity index is 1070. The number of hydrogen-bond acceptors (Lipinski definition) is 3. The Labute approximate surface area is 200 Å². The Morgan fingerprint density at radius 2 is 1.42 bits per heavy atom. The van der Waals surface area contributed by atoms with Gasteiger partial charge >= 0.3 is 0 Å². The summed E-state index contributed by atoms with van der Waals surface area (Å²) in [5.41, 5.74) is 2.58. The maximum absolute atomic E-state index is 13.2. The lowest BCUT2D eigenvalue weighted by molar-refractivity contribution is -0.133. The van der Waals surface area contributed by atoms with E-state index >= 15 is 0 Å². The number of halogens is 1. The molecule has 1 saturated heterocycles. The molecule has 1 N–H and O–H groups in total. The van der Waals surface area contributed by atoms with Gasteiger partial charge in [0.2, 0.25) is 5.91 Å². The first-order valence-electron chi connectivity index (χ1n) is 11.2. The number of hydrogen-bond donors (Lipinski definition) is 1. The van der Waals surface area contributed by atoms with Crippen LogP contribution >= 0.6 is 11.6 Å². The maximum Gasteiger partial charge on any atom is 0.253 e. The van der Waals surface area contributed by atoms with Crippen molar-refractivity contribution in [1.29, 1.82) is 0 Å². The van der Waals surface area contributed by atoms with Crippen LogP contribution in [-0.2, 0) is 11.3 Å². The van der Waals surface area contributed by atoms with Crippen LogP contribution in [0.15, 0.2) is 84.9 Å². The highest BCUT2D eigenvalue weighted by atomic mass is 35.5. The van der Waals surface area contributed by atoms with Gasteiger partial charge in [-0.05, 0) is 23.3 Å². The number of piperazine rings is 1. The molecule has 5 nitrogen and oxygen atoms in total. The molecule has 1 aliphatic rings. The van der Waals surface area contributed by atoms with Crippen LogP contribution < -0.4 is 5.32 Å². The van der Waals surface area contributed by atoms with E-state index in [1.165, 1.54) is 5.56 Å². The summed E-state index contributed by atoms with van der Waals surface area (Å²) in [7, 11) is 0. The predicted molar refractivity (Wildman–Crippen MR) is 131 cm³/mol. The van der Waals surface area contributed by atoms with Crippen LogP contribution in [0.3, 0.4) is 0 Å². The lowest BCUT2D eigenvalue weighted by Gasteiger charge is -2.35. The van der Waals surface area contributed by atoms with Gasteiger partial charge in [0.1, 0.15) is 0 Å². The van der Waals surface area contributed by atoms with Gasteiger partial charge in [0.25, 0.3) is 5.91 Å². The van der Waals surface area contributed by atoms with Crippen LogP contribution in [0.1, 0.15) is 33.9 Å². The molecule has 1 aliphatic heterocycles. The third-order valence-corrected chi connectivity index (χ3v) is 6.31. The molecule has 4 rings (SSSR count). The predicted octanol–water partition coefficient (Wildman–Crippen LogP) is 4.55. The summed E-state index contributed by atoms with van der Waals surface area (Å²) in [6.07, 6.45) is 0.207. The van der Waals surface area contributed by atoms with Gasteiger partial charge in [-0.3, -0.25) is 14.5 Å². The molecule has 0 spiro atoms. The number of carbonyl (C=O) groups excluding carboxylic acids is 2. The number of amides is 2. The molecule has 170 valence electrons. The molecule has 0 radical (unpaired) electrons. The fourth-order valence-corrected chi connectivity index (χ4v) is 4.34. The van der Waals surface area contributed by atoms with Gasteiger partial charge in [-0.15, -0.1) is 0 Å². The summed E-state index contributed by atoms with van der Waals surface area (Å²) in [4.78, 5) is 30.3. The molecule has 2 amide bonds. The second-order valence-corrected chi connectivity index (χ2v) is 8.67. The highest BCUT2D eigenvalue weighted by Gasteiger charge is 2.26. The molecule has 0 aliphatic carbocycles. The third-order valence-electron chi connectivity index (χ3n) is 5.98. The molecule has 3 aromatic rings. The van der Waals surface area contributed by atoms with Gasteiger partial charge in [0, 0.05) is 32.7 Å². The summed E-state index contributed by atoms with van der Waals surface area (Å²) in [6, 6.07) is 26.5. The molecule has 1 atom stereocenters. The summed E-state index contributed by atoms with van der Waals surface area (Å²) >= 11 is 6.21. The van der Waals surface area contributed by atoms with E-state index in [2.05, 4.69) is 34.5 Å². The van der Waals surface area contributed by atoms with Crippen molar-refractivity contribution in [2.45, 2.75) is 19.0 Å². The molecular weight excluding hydrogens is 434 g/mol. The summed E-state index contributed by atoms with van der Waals surface area (Å²) < 4.78 is 0. The van der Waals surface area contributed by atoms with Gasteiger partial charge in [-0.2, -0.15) is 0 Å². The van der Waals surface area contributed by atoms with E-state index in [0.717, 1.165) is 25.2 Å². The zero-order valence-electron chi connectivity index (χ0n) is 18.5. The molecule has 0 saturated carbocycles. The van der Waals surface area contributed by atoms with Gasteiger partial charge in [0.05, 0.1) is 23.0 Å². The lowest BCUT2D eigenvalue weighted by atomic mass is 10.0. The molecule has 0 bridgehead atoms. The Kier molecular flexibility index (Phi) is 7.76. The first-order chi connectivity index (χ1) is 16.1. The fourth-order valence-electron chi connectivity index (χ4n) is 4.12. The fraction of sp³-hybridized carbons (Fsp3) is 0.259. The van der Waals surface area contributed by atoms with Gasteiger partial charge in [0.15, 0.2) is 0 Å². The average molecular weight is 462 g/mol. The standard InChI is InChI=1S/C27H28ClN3O2/c28-24-14-8-7-13-23(24)27(33)29-25(22-11-5-2-6-12-22)19-26(32)31-17-15-30(16-18-31)20-21-9-3-1-4-10-21/h1-14,25H,15-20H2,(H,29,33). The van der Waals surface area contributed by atoms with E-state index in [0.29, 0.717) is 23.7 Å². The van der Waals surface area contributed by atoms with E-state index in [-0.39, 0.29) is 18.2 Å². The van der Waals surface area contributed by atoms with E-state index in [1.807, 2.05) is 41.3 Å². The first kappa shape index (κ1) is 23.0. The van der Waals surface area contributed by atoms with E-state index in [1.54, 1.807) is 24.3 Å². The SMILES string of the molecule is O=C(NC(CC(=O)N1CCN(Cc2ccccc2)CC1)c1ccccc1)c1ccccc1Cl. The van der Waals surface area contributed by atoms with Crippen molar-refractivity contribution in [2.24, 2.45) is 0 Å². The van der Waals surface area contributed by atoms with Crippen molar-refractivity contribution < 1.29 is 9.59 Å². The van der Waals surface area contributed by atoms with Crippen molar-refractivity contribution in [3.05, 3.63) is 107 Å². The second-order valence-electron chi connectivity index (χ2n) is 8.26. The molecule has 1 heterocycles. The summed E-state index contributed by atoms with van der Waals surface area (Å²) in [5.74, 6) is -0.238. The zero-order chi connectivity index (χ0) is 23.0. The zero-order valence-corrected chi connectivity index (χ0v) is 19.2. The normalized spacial score (nSPS) is 15.1. The highest BCUT2D eigenvalue weighted by molar-refractivity contribution is 6.33. The van der Waals surface area contributed by atoms with Crippen LogP contribution in [0.2, 0.25) is 5.02 Å². The minimum absolute atomic E-state index is 0.0441. The maximum atomic E-state index is 13.2. The van der Waals surface area contributed by atoms with Crippen LogP contribution in [-0.4, -0.2) is 47.8 Å². The van der Waals surface area contributed by atoms with Crippen LogP contribution in [0, 0.1) is 0 Å². The Morgan fingerprint density at radius 3 is 2.09 bits per heavy atom. The average Bonchev–Trinajstić information content (AvgIpc) is 2.85. The van der Waals surface area contributed by atoms with Crippen molar-refractivity contribution in [1.82, 2.24) is 15.1 Å². The number of rotatable bonds is 7. The van der Waals surface area contributed by atoms with Gasteiger partial charge in [-0.1, -0.05) is 84.4 Å². The van der Waals surface area contributed by atoms with Crippen molar-refractivity contribution in [2.75, 3.05) is 26.2 Å². The number of carbonyl (C=O) groups is 2. The van der Waals surface area contributed by atoms with Crippen LogP contribution in [0.5, 0.6) is 0 Å². The third kappa shape index (κ3) is 6.21. The first-order valence-corrected chi connectivity index (χ1v) is 11.6. The molecule has 6 heteroatoms. The Morgan fingerprint density at radius 1 is 0.818 bits per heavy atom. The lowest BCUT2D eigenvalue weighted by Crippen LogP contribution is -2.49. The van der Waals surface area contributed by atoms with E-state index < -0.39 is 6.04 Å². The summed E-state index contributed by atoms with van der Waals surface area (Å²) in [6.45, 7) is 3.94. The molecule has 1 fully saturated rings. The molecule has 33 heavy (non-hydrogen) atoms. The molecule has 1 unspecified atom stereocenters. The quantitative estimate of drug-likeness (QED) is 0.561. The number of benzene rings is 3. The molecule has 0 aromatic heterocycles. The van der Waals surface area contributed by atoms with Crippen LogP contribution in [0.25, 0.3) is 0 Å². The molecule has 3 aromatic carbocycles. The van der Waals surface area contributed by atoms with Crippen molar-refractivity contribution >= 4 is 23.4 Å². The molecular formula is C27H28ClN3O2. The van der Waals surface area contributed by atoms with Crippen molar-refractivity contribution in [3.8, 4) is 0 Å². The Balaban J connectivity index is 1.38. The number of nitrogens with zero attached hydrogens (tertiary/aromatic N) is 2. The monoisotopic (exact) mass is 461 g/mol. The smallest absolute Gasteiger partial charge is 0.253 e. The van der Waals surface area contributed by atoms with E-state index in [9.17, 15) is 9.59 Å². The van der Waals surface area contributed by atoms with E-state index in [4.69, 9.17) is 11.6 Å². The summed E-state index contributed by atoms with van der Waals surface area (Å²) in [5, 5.41) is 3.41. The Hall–Kier alpha value is -3.15. The van der Waals surface area contributed by atoms with Gasteiger partial charge < -0.3 is 10.2 Å². The minimum atomic E-state index is -0.426. The largest absolute Gasteiger partial charge is 0.345 e. The topological polar surface area (TPSA) is 52.7 Å². The minimum Gasteiger partial charge on any atom is -0.345 e. The van der Waals surface area contributed by atoms with Crippen molar-refractivity contribution in [3.63, 3.8) is 0 Å². The number of nitrogens with one attached hydrogen (secondary N) is 1.